The molecule has 11 rings (SSSR count). The van der Waals surface area contributed by atoms with Gasteiger partial charge in [-0.05, 0) is 88.3 Å². The number of aromatic nitrogens is 1. The van der Waals surface area contributed by atoms with Crippen LogP contribution in [0.15, 0.2) is 211 Å². The van der Waals surface area contributed by atoms with Crippen LogP contribution in [0.25, 0.3) is 82.5 Å². The number of hydrogen-bond acceptors (Lipinski definition) is 2. The smallest absolute Gasteiger partial charge is 0.159 e. The van der Waals surface area contributed by atoms with E-state index in [-0.39, 0.29) is 0 Å². The molecular formula is C52H34N2O. The van der Waals surface area contributed by atoms with Crippen molar-refractivity contribution in [1.82, 2.24) is 4.57 Å². The number of fused-ring (bicyclic) bond motifs is 8. The molecule has 258 valence electrons. The maximum Gasteiger partial charge on any atom is 0.159 e. The molecule has 0 aliphatic heterocycles. The molecule has 0 bridgehead atoms. The molecule has 11 aromatic rings. The summed E-state index contributed by atoms with van der Waals surface area (Å²) in [6.07, 6.45) is 0. The summed E-state index contributed by atoms with van der Waals surface area (Å²) in [6.45, 7) is 0. The highest BCUT2D eigenvalue weighted by atomic mass is 16.3. The van der Waals surface area contributed by atoms with Crippen molar-refractivity contribution in [3.8, 4) is 27.9 Å². The molecule has 0 N–H and O–H groups in total. The second-order valence-corrected chi connectivity index (χ2v) is 14.1. The summed E-state index contributed by atoms with van der Waals surface area (Å²) in [5, 5.41) is 7.03. The molecule has 0 radical (unpaired) electrons. The van der Waals surface area contributed by atoms with Crippen molar-refractivity contribution < 1.29 is 4.42 Å². The van der Waals surface area contributed by atoms with Crippen LogP contribution in [0.2, 0.25) is 0 Å². The van der Waals surface area contributed by atoms with Gasteiger partial charge in [0.05, 0.1) is 16.7 Å². The topological polar surface area (TPSA) is 21.3 Å². The molecule has 0 fully saturated rings. The maximum absolute atomic E-state index is 6.87. The van der Waals surface area contributed by atoms with Gasteiger partial charge in [0, 0.05) is 44.0 Å². The standard InChI is InChI=1S/C52H34N2O/c1-2-12-35(13-3-1)36-24-29-40(30-25-36)53(50-23-11-20-46-47-33-28-38-14-4-5-17-43(38)51(47)55-52(46)50)41-31-26-37(27-32-41)39-15-10-16-42(34-39)54-48-21-8-6-18-44(48)45-19-7-9-22-49(45)54/h1-34H. The summed E-state index contributed by atoms with van der Waals surface area (Å²) >= 11 is 0. The Hall–Kier alpha value is -7.36. The third-order valence-corrected chi connectivity index (χ3v) is 11.0. The van der Waals surface area contributed by atoms with E-state index in [4.69, 9.17) is 4.42 Å². The molecule has 0 spiro atoms. The molecule has 0 saturated carbocycles. The Morgan fingerprint density at radius 2 is 0.873 bits per heavy atom. The van der Waals surface area contributed by atoms with Gasteiger partial charge < -0.3 is 13.9 Å². The van der Waals surface area contributed by atoms with Gasteiger partial charge in [0.15, 0.2) is 5.58 Å². The van der Waals surface area contributed by atoms with Crippen molar-refractivity contribution in [1.29, 1.82) is 0 Å². The third-order valence-electron chi connectivity index (χ3n) is 11.0. The second kappa shape index (κ2) is 12.6. The van der Waals surface area contributed by atoms with Crippen molar-refractivity contribution in [2.45, 2.75) is 0 Å². The zero-order valence-corrected chi connectivity index (χ0v) is 29.9. The first-order valence-electron chi connectivity index (χ1n) is 18.8. The van der Waals surface area contributed by atoms with E-state index in [1.807, 2.05) is 0 Å². The minimum atomic E-state index is 0.865. The van der Waals surface area contributed by atoms with E-state index in [1.165, 1.54) is 38.3 Å². The zero-order valence-electron chi connectivity index (χ0n) is 29.9. The third kappa shape index (κ3) is 5.13. The lowest BCUT2D eigenvalue weighted by Gasteiger charge is -2.26. The summed E-state index contributed by atoms with van der Waals surface area (Å²) in [6, 6.07) is 73.8. The lowest BCUT2D eigenvalue weighted by molar-refractivity contribution is 0.673. The lowest BCUT2D eigenvalue weighted by Crippen LogP contribution is -2.10. The highest BCUT2D eigenvalue weighted by molar-refractivity contribution is 6.17. The van der Waals surface area contributed by atoms with Gasteiger partial charge in [-0.1, -0.05) is 146 Å². The molecule has 9 aromatic carbocycles. The fourth-order valence-electron chi connectivity index (χ4n) is 8.38. The van der Waals surface area contributed by atoms with Crippen LogP contribution in [0.5, 0.6) is 0 Å². The molecule has 3 nitrogen and oxygen atoms in total. The number of benzene rings is 9. The monoisotopic (exact) mass is 702 g/mol. The SMILES string of the molecule is c1ccc(-c2ccc(N(c3ccc(-c4cccc(-n5c6ccccc6c6ccccc65)c4)cc3)c3cccc4c3oc3c5ccccc5ccc43)cc2)cc1. The van der Waals surface area contributed by atoms with E-state index in [0.717, 1.165) is 61.2 Å². The number of furan rings is 1. The lowest BCUT2D eigenvalue weighted by atomic mass is 10.0. The molecular weight excluding hydrogens is 669 g/mol. The van der Waals surface area contributed by atoms with Crippen LogP contribution in [0, 0.1) is 0 Å². The van der Waals surface area contributed by atoms with Crippen molar-refractivity contribution in [3.63, 3.8) is 0 Å². The summed E-state index contributed by atoms with van der Waals surface area (Å²) in [7, 11) is 0. The first kappa shape index (κ1) is 31.2. The second-order valence-electron chi connectivity index (χ2n) is 14.1. The van der Waals surface area contributed by atoms with Gasteiger partial charge in [-0.25, -0.2) is 0 Å². The van der Waals surface area contributed by atoms with E-state index in [9.17, 15) is 0 Å². The number of para-hydroxylation sites is 3. The molecule has 0 saturated heterocycles. The van der Waals surface area contributed by atoms with Crippen molar-refractivity contribution >= 4 is 71.6 Å². The van der Waals surface area contributed by atoms with Crippen LogP contribution in [0.4, 0.5) is 17.1 Å². The Morgan fingerprint density at radius 3 is 1.58 bits per heavy atom. The van der Waals surface area contributed by atoms with Gasteiger partial charge in [0.1, 0.15) is 5.58 Å². The van der Waals surface area contributed by atoms with Crippen LogP contribution in [-0.2, 0) is 0 Å². The predicted octanol–water partition coefficient (Wildman–Crippen LogP) is 14.6. The average Bonchev–Trinajstić information content (AvgIpc) is 3.82. The minimum absolute atomic E-state index is 0.865. The molecule has 0 atom stereocenters. The summed E-state index contributed by atoms with van der Waals surface area (Å²) < 4.78 is 9.25. The molecule has 0 aliphatic carbocycles. The first-order valence-corrected chi connectivity index (χ1v) is 18.8. The molecule has 2 heterocycles. The van der Waals surface area contributed by atoms with Crippen LogP contribution >= 0.6 is 0 Å². The highest BCUT2D eigenvalue weighted by Crippen LogP contribution is 2.44. The Balaban J connectivity index is 1.04. The van der Waals surface area contributed by atoms with Gasteiger partial charge in [-0.3, -0.25) is 0 Å². The number of rotatable bonds is 6. The maximum atomic E-state index is 6.87. The largest absolute Gasteiger partial charge is 0.453 e. The molecule has 2 aromatic heterocycles. The Morgan fingerprint density at radius 1 is 0.345 bits per heavy atom. The van der Waals surface area contributed by atoms with Crippen LogP contribution in [0.1, 0.15) is 0 Å². The molecule has 0 aliphatic rings. The Kier molecular flexibility index (Phi) is 7.17. The van der Waals surface area contributed by atoms with Crippen molar-refractivity contribution in [2.75, 3.05) is 4.90 Å². The molecule has 0 unspecified atom stereocenters. The normalized spacial score (nSPS) is 11.6. The van der Waals surface area contributed by atoms with Crippen LogP contribution in [-0.4, -0.2) is 4.57 Å². The quantitative estimate of drug-likeness (QED) is 0.172. The first-order chi connectivity index (χ1) is 27.3. The van der Waals surface area contributed by atoms with Gasteiger partial charge in [-0.2, -0.15) is 0 Å². The van der Waals surface area contributed by atoms with Gasteiger partial charge in [0.25, 0.3) is 0 Å². The summed E-state index contributed by atoms with van der Waals surface area (Å²) in [5.74, 6) is 0. The van der Waals surface area contributed by atoms with Crippen LogP contribution < -0.4 is 4.90 Å². The molecule has 0 amide bonds. The fraction of sp³-hybridized carbons (Fsp3) is 0. The molecule has 3 heteroatoms. The predicted molar refractivity (Wildman–Crippen MR) is 231 cm³/mol. The Labute approximate surface area is 318 Å². The van der Waals surface area contributed by atoms with Crippen LogP contribution in [0.3, 0.4) is 0 Å². The minimum Gasteiger partial charge on any atom is -0.453 e. The van der Waals surface area contributed by atoms with Crippen molar-refractivity contribution in [2.24, 2.45) is 0 Å². The number of nitrogens with zero attached hydrogens (tertiary/aromatic N) is 2. The zero-order chi connectivity index (χ0) is 36.3. The highest BCUT2D eigenvalue weighted by Gasteiger charge is 2.21. The number of hydrogen-bond donors (Lipinski definition) is 0. The summed E-state index contributed by atoms with van der Waals surface area (Å²) in [4.78, 5) is 2.32. The van der Waals surface area contributed by atoms with E-state index in [0.29, 0.717) is 0 Å². The van der Waals surface area contributed by atoms with Gasteiger partial charge in [-0.15, -0.1) is 0 Å². The van der Waals surface area contributed by atoms with Gasteiger partial charge >= 0.3 is 0 Å². The average molecular weight is 703 g/mol. The summed E-state index contributed by atoms with van der Waals surface area (Å²) in [5.41, 5.74) is 13.1. The fourth-order valence-corrected chi connectivity index (χ4v) is 8.38. The Bertz CT molecular complexity index is 3140. The van der Waals surface area contributed by atoms with E-state index in [1.54, 1.807) is 0 Å². The van der Waals surface area contributed by atoms with Crippen molar-refractivity contribution in [3.05, 3.63) is 206 Å². The van der Waals surface area contributed by atoms with E-state index < -0.39 is 0 Å². The van der Waals surface area contributed by atoms with Gasteiger partial charge in [0.2, 0.25) is 0 Å². The number of anilines is 3. The van der Waals surface area contributed by atoms with E-state index in [2.05, 4.69) is 216 Å². The van der Waals surface area contributed by atoms with E-state index >= 15 is 0 Å². The molecule has 55 heavy (non-hydrogen) atoms.